The quantitative estimate of drug-likeness (QED) is 0.541. The number of hydrogen-bond acceptors (Lipinski definition) is 2. The van der Waals surface area contributed by atoms with Crippen molar-refractivity contribution in [1.29, 1.82) is 0 Å². The van der Waals surface area contributed by atoms with Crippen molar-refractivity contribution in [3.05, 3.63) is 29.8 Å². The SMILES string of the molecule is [C]1NC=CC2=CSCC12. The lowest BCUT2D eigenvalue weighted by molar-refractivity contribution is 0.746. The molecule has 0 aromatic heterocycles. The van der Waals surface area contributed by atoms with Gasteiger partial charge >= 0.3 is 0 Å². The number of allylic oxidation sites excluding steroid dienone is 1. The van der Waals surface area contributed by atoms with Crippen molar-refractivity contribution in [2.45, 2.75) is 0 Å². The van der Waals surface area contributed by atoms with E-state index in [9.17, 15) is 0 Å². The van der Waals surface area contributed by atoms with Crippen LogP contribution in [0.2, 0.25) is 0 Å². The highest BCUT2D eigenvalue weighted by Gasteiger charge is 2.19. The normalized spacial score (nSPS) is 31.1. The van der Waals surface area contributed by atoms with Crippen molar-refractivity contribution >= 4 is 11.8 Å². The van der Waals surface area contributed by atoms with Crippen molar-refractivity contribution in [2.24, 2.45) is 5.92 Å². The van der Waals surface area contributed by atoms with E-state index < -0.39 is 0 Å². The third-order valence-electron chi connectivity index (χ3n) is 1.50. The zero-order valence-electron chi connectivity index (χ0n) is 4.92. The van der Waals surface area contributed by atoms with Crippen molar-refractivity contribution < 1.29 is 0 Å². The highest BCUT2D eigenvalue weighted by molar-refractivity contribution is 8.02. The molecule has 1 atom stereocenters. The van der Waals surface area contributed by atoms with Gasteiger partial charge in [0.25, 0.3) is 0 Å². The van der Waals surface area contributed by atoms with Crippen LogP contribution in [0.15, 0.2) is 23.3 Å². The number of thioether (sulfide) groups is 1. The van der Waals surface area contributed by atoms with E-state index in [2.05, 4.69) is 23.3 Å². The maximum atomic E-state index is 3.16. The summed E-state index contributed by atoms with van der Waals surface area (Å²) in [6, 6.07) is 0. The van der Waals surface area contributed by atoms with E-state index in [1.807, 2.05) is 18.0 Å². The van der Waals surface area contributed by atoms with Crippen LogP contribution in [0, 0.1) is 12.5 Å². The van der Waals surface area contributed by atoms with Crippen LogP contribution in [0.5, 0.6) is 0 Å². The molecule has 1 unspecified atom stereocenters. The average molecular weight is 137 g/mol. The van der Waals surface area contributed by atoms with Gasteiger partial charge in [0.05, 0.1) is 6.54 Å². The molecule has 2 radical (unpaired) electrons. The van der Waals surface area contributed by atoms with Crippen LogP contribution in [0.3, 0.4) is 0 Å². The third-order valence-corrected chi connectivity index (χ3v) is 2.47. The Morgan fingerprint density at radius 1 is 1.78 bits per heavy atom. The second kappa shape index (κ2) is 2.10. The maximum Gasteiger partial charge on any atom is 0.0966 e. The first-order valence-electron chi connectivity index (χ1n) is 2.96. The summed E-state index contributed by atoms with van der Waals surface area (Å²) in [5.41, 5.74) is 1.40. The molecule has 0 aromatic carbocycles. The van der Waals surface area contributed by atoms with Crippen LogP contribution >= 0.6 is 11.8 Å². The predicted octanol–water partition coefficient (Wildman–Crippen LogP) is 1.39. The zero-order chi connectivity index (χ0) is 6.10. The van der Waals surface area contributed by atoms with E-state index in [0.29, 0.717) is 5.92 Å². The van der Waals surface area contributed by atoms with Crippen LogP contribution in [0.1, 0.15) is 0 Å². The van der Waals surface area contributed by atoms with Crippen LogP contribution in [-0.2, 0) is 0 Å². The summed E-state index contributed by atoms with van der Waals surface area (Å²) in [7, 11) is 0. The fourth-order valence-electron chi connectivity index (χ4n) is 0.986. The topological polar surface area (TPSA) is 12.0 Å². The van der Waals surface area contributed by atoms with Crippen LogP contribution in [0.25, 0.3) is 0 Å². The molecule has 0 saturated heterocycles. The molecular formula is C7H7NS. The van der Waals surface area contributed by atoms with Gasteiger partial charge in [-0.2, -0.15) is 0 Å². The Balaban J connectivity index is 2.24. The van der Waals surface area contributed by atoms with E-state index in [-0.39, 0.29) is 0 Å². The minimum absolute atomic E-state index is 0.542. The summed E-state index contributed by atoms with van der Waals surface area (Å²) < 4.78 is 0. The van der Waals surface area contributed by atoms with Crippen LogP contribution < -0.4 is 5.32 Å². The van der Waals surface area contributed by atoms with Crippen molar-refractivity contribution in [3.8, 4) is 0 Å². The fourth-order valence-corrected chi connectivity index (χ4v) is 1.99. The van der Waals surface area contributed by atoms with Crippen molar-refractivity contribution in [1.82, 2.24) is 5.32 Å². The fraction of sp³-hybridized carbons (Fsp3) is 0.286. The average Bonchev–Trinajstić information content (AvgIpc) is 2.33. The summed E-state index contributed by atoms with van der Waals surface area (Å²) in [4.78, 5) is 0. The first-order valence-corrected chi connectivity index (χ1v) is 4.01. The molecule has 46 valence electrons. The van der Waals surface area contributed by atoms with Gasteiger partial charge in [0.1, 0.15) is 0 Å². The molecule has 2 rings (SSSR count). The minimum atomic E-state index is 0.542. The van der Waals surface area contributed by atoms with Crippen molar-refractivity contribution in [2.75, 3.05) is 5.75 Å². The molecule has 2 aliphatic rings. The first-order chi connectivity index (χ1) is 4.47. The summed E-state index contributed by atoms with van der Waals surface area (Å²) in [5.74, 6) is 1.70. The molecule has 2 heteroatoms. The molecule has 0 aliphatic carbocycles. The Labute approximate surface area is 59.2 Å². The Morgan fingerprint density at radius 2 is 2.78 bits per heavy atom. The Hall–Kier alpha value is -0.370. The summed E-state index contributed by atoms with van der Waals surface area (Å²) in [6.45, 7) is 3.16. The molecule has 2 heterocycles. The number of nitrogens with one attached hydrogen (secondary N) is 1. The molecule has 9 heavy (non-hydrogen) atoms. The number of fused-ring (bicyclic) bond motifs is 1. The van der Waals surface area contributed by atoms with Gasteiger partial charge < -0.3 is 5.32 Å². The first kappa shape index (κ1) is 5.42. The van der Waals surface area contributed by atoms with Gasteiger partial charge in [-0.25, -0.2) is 0 Å². The smallest absolute Gasteiger partial charge is 0.0966 e. The molecule has 0 aromatic rings. The highest BCUT2D eigenvalue weighted by Crippen LogP contribution is 2.31. The largest absolute Gasteiger partial charge is 0.380 e. The molecule has 1 N–H and O–H groups in total. The zero-order valence-corrected chi connectivity index (χ0v) is 5.74. The van der Waals surface area contributed by atoms with Crippen molar-refractivity contribution in [3.63, 3.8) is 0 Å². The molecule has 0 saturated carbocycles. The predicted molar refractivity (Wildman–Crippen MR) is 39.5 cm³/mol. The number of hydrogen-bond donors (Lipinski definition) is 1. The van der Waals surface area contributed by atoms with Gasteiger partial charge in [-0.15, -0.1) is 11.8 Å². The highest BCUT2D eigenvalue weighted by atomic mass is 32.2. The molecule has 0 spiro atoms. The Bertz CT molecular complexity index is 172. The van der Waals surface area contributed by atoms with E-state index in [4.69, 9.17) is 0 Å². The lowest BCUT2D eigenvalue weighted by atomic mass is 10.0. The summed E-state index contributed by atoms with van der Waals surface area (Å²) in [6.07, 6.45) is 4.04. The van der Waals surface area contributed by atoms with Gasteiger partial charge in [-0.05, 0) is 23.3 Å². The van der Waals surface area contributed by atoms with Gasteiger partial charge in [0.15, 0.2) is 0 Å². The Kier molecular flexibility index (Phi) is 1.27. The van der Waals surface area contributed by atoms with E-state index in [0.717, 1.165) is 5.75 Å². The van der Waals surface area contributed by atoms with Gasteiger partial charge in [0, 0.05) is 11.7 Å². The lowest BCUT2D eigenvalue weighted by Crippen LogP contribution is -2.16. The van der Waals surface area contributed by atoms with Crippen LogP contribution in [0.4, 0.5) is 0 Å². The Morgan fingerprint density at radius 3 is 3.67 bits per heavy atom. The molecule has 0 amide bonds. The molecule has 1 nitrogen and oxygen atoms in total. The van der Waals surface area contributed by atoms with Gasteiger partial charge in [0.2, 0.25) is 0 Å². The molecule has 0 fully saturated rings. The van der Waals surface area contributed by atoms with Gasteiger partial charge in [-0.3, -0.25) is 0 Å². The summed E-state index contributed by atoms with van der Waals surface area (Å²) in [5, 5.41) is 5.17. The van der Waals surface area contributed by atoms with E-state index in [1.54, 1.807) is 0 Å². The molecule has 0 bridgehead atoms. The second-order valence-corrected chi connectivity index (χ2v) is 3.03. The van der Waals surface area contributed by atoms with Crippen LogP contribution in [-0.4, -0.2) is 5.75 Å². The monoisotopic (exact) mass is 137 g/mol. The molecular weight excluding hydrogens is 130 g/mol. The third kappa shape index (κ3) is 0.874. The maximum absolute atomic E-state index is 3.16. The summed E-state index contributed by atoms with van der Waals surface area (Å²) >= 11 is 1.86. The molecule has 2 aliphatic heterocycles. The standard InChI is InChI=1S/C7H7NS/c1-2-8-3-7-5-9-4-6(1)7/h1-2,4,7-8H,5H2. The van der Waals surface area contributed by atoms with Gasteiger partial charge in [-0.1, -0.05) is 0 Å². The lowest BCUT2D eigenvalue weighted by Gasteiger charge is -2.13. The van der Waals surface area contributed by atoms with E-state index in [1.165, 1.54) is 5.57 Å². The minimum Gasteiger partial charge on any atom is -0.380 e. The van der Waals surface area contributed by atoms with E-state index >= 15 is 0 Å². The number of rotatable bonds is 0. The second-order valence-electron chi connectivity index (χ2n) is 2.13.